The fourth-order valence-corrected chi connectivity index (χ4v) is 2.81. The lowest BCUT2D eigenvalue weighted by Crippen LogP contribution is -2.42. The summed E-state index contributed by atoms with van der Waals surface area (Å²) in [7, 11) is 2.25. The predicted molar refractivity (Wildman–Crippen MR) is 82.7 cm³/mol. The molecule has 2 rings (SSSR count). The number of nitrogens with zero attached hydrogens (tertiary/aromatic N) is 1. The summed E-state index contributed by atoms with van der Waals surface area (Å²) in [6, 6.07) is 9.80. The van der Waals surface area contributed by atoms with Crippen molar-refractivity contribution in [1.29, 1.82) is 0 Å². The Labute approximate surface area is 118 Å². The van der Waals surface area contributed by atoms with E-state index in [1.165, 1.54) is 43.5 Å². The minimum Gasteiger partial charge on any atom is -0.313 e. The molecule has 1 aromatic carbocycles. The van der Waals surface area contributed by atoms with Crippen molar-refractivity contribution >= 4 is 0 Å². The monoisotopic (exact) mass is 260 g/mol. The predicted octanol–water partition coefficient (Wildman–Crippen LogP) is 2.87. The lowest BCUT2D eigenvalue weighted by atomic mass is 10.0. The van der Waals surface area contributed by atoms with Crippen LogP contribution >= 0.6 is 0 Å². The van der Waals surface area contributed by atoms with Crippen LogP contribution in [0.3, 0.4) is 0 Å². The molecule has 0 aromatic heterocycles. The number of benzene rings is 1. The summed E-state index contributed by atoms with van der Waals surface area (Å²) >= 11 is 0. The molecule has 1 saturated heterocycles. The van der Waals surface area contributed by atoms with Gasteiger partial charge in [-0.25, -0.2) is 0 Å². The number of rotatable bonds is 6. The van der Waals surface area contributed by atoms with Gasteiger partial charge in [-0.3, -0.25) is 0 Å². The van der Waals surface area contributed by atoms with Crippen LogP contribution in [-0.4, -0.2) is 37.6 Å². The summed E-state index contributed by atoms with van der Waals surface area (Å²) in [5.74, 6) is 0. The van der Waals surface area contributed by atoms with Crippen molar-refractivity contribution in [3.8, 4) is 0 Å². The first-order chi connectivity index (χ1) is 9.28. The molecule has 1 unspecified atom stereocenters. The second-order valence-electron chi connectivity index (χ2n) is 5.83. The minimum atomic E-state index is 0.709. The van der Waals surface area contributed by atoms with Crippen LogP contribution in [0.4, 0.5) is 0 Å². The van der Waals surface area contributed by atoms with Crippen LogP contribution in [0.15, 0.2) is 24.3 Å². The summed E-state index contributed by atoms with van der Waals surface area (Å²) in [5, 5.41) is 3.62. The Morgan fingerprint density at radius 2 is 1.89 bits per heavy atom. The third-order valence-electron chi connectivity index (χ3n) is 4.16. The maximum atomic E-state index is 3.62. The molecule has 19 heavy (non-hydrogen) atoms. The van der Waals surface area contributed by atoms with Crippen molar-refractivity contribution in [2.75, 3.05) is 26.7 Å². The highest BCUT2D eigenvalue weighted by atomic mass is 15.1. The van der Waals surface area contributed by atoms with Gasteiger partial charge in [0.25, 0.3) is 0 Å². The summed E-state index contributed by atoms with van der Waals surface area (Å²) in [4.78, 5) is 2.47. The van der Waals surface area contributed by atoms with Crippen LogP contribution < -0.4 is 5.32 Å². The SMILES string of the molecule is CCc1ccc(CCN(C)CC2CCCCN2)cc1. The molecular weight excluding hydrogens is 232 g/mol. The van der Waals surface area contributed by atoms with Crippen molar-refractivity contribution in [1.82, 2.24) is 10.2 Å². The van der Waals surface area contributed by atoms with Gasteiger partial charge in [-0.15, -0.1) is 0 Å². The van der Waals surface area contributed by atoms with E-state index in [2.05, 4.69) is 48.5 Å². The van der Waals surface area contributed by atoms with E-state index >= 15 is 0 Å². The lowest BCUT2D eigenvalue weighted by Gasteiger charge is -2.28. The highest BCUT2D eigenvalue weighted by Crippen LogP contribution is 2.09. The van der Waals surface area contributed by atoms with Crippen molar-refractivity contribution in [3.05, 3.63) is 35.4 Å². The largest absolute Gasteiger partial charge is 0.313 e. The van der Waals surface area contributed by atoms with E-state index in [4.69, 9.17) is 0 Å². The van der Waals surface area contributed by atoms with E-state index in [0.29, 0.717) is 6.04 Å². The van der Waals surface area contributed by atoms with E-state index in [-0.39, 0.29) is 0 Å². The fraction of sp³-hybridized carbons (Fsp3) is 0.647. The van der Waals surface area contributed by atoms with Gasteiger partial charge < -0.3 is 10.2 Å². The highest BCUT2D eigenvalue weighted by molar-refractivity contribution is 5.22. The van der Waals surface area contributed by atoms with Crippen LogP contribution in [0.2, 0.25) is 0 Å². The Balaban J connectivity index is 1.71. The van der Waals surface area contributed by atoms with E-state index in [0.717, 1.165) is 19.4 Å². The quantitative estimate of drug-likeness (QED) is 0.846. The molecule has 106 valence electrons. The first kappa shape index (κ1) is 14.5. The average Bonchev–Trinajstić information content (AvgIpc) is 2.47. The van der Waals surface area contributed by atoms with E-state index in [1.54, 1.807) is 0 Å². The molecule has 1 atom stereocenters. The molecule has 1 aliphatic heterocycles. The smallest absolute Gasteiger partial charge is 0.0194 e. The molecule has 1 N–H and O–H groups in total. The molecule has 0 saturated carbocycles. The number of piperidine rings is 1. The molecule has 1 fully saturated rings. The van der Waals surface area contributed by atoms with Crippen molar-refractivity contribution in [2.24, 2.45) is 0 Å². The van der Waals surface area contributed by atoms with Crippen LogP contribution in [0.1, 0.15) is 37.3 Å². The Morgan fingerprint density at radius 1 is 1.16 bits per heavy atom. The van der Waals surface area contributed by atoms with Crippen LogP contribution in [0.25, 0.3) is 0 Å². The molecular formula is C17H28N2. The lowest BCUT2D eigenvalue weighted by molar-refractivity contribution is 0.264. The molecule has 1 aliphatic rings. The highest BCUT2D eigenvalue weighted by Gasteiger charge is 2.14. The first-order valence-electron chi connectivity index (χ1n) is 7.77. The van der Waals surface area contributed by atoms with Crippen LogP contribution in [-0.2, 0) is 12.8 Å². The van der Waals surface area contributed by atoms with Gasteiger partial charge in [0.05, 0.1) is 0 Å². The molecule has 0 amide bonds. The number of nitrogens with one attached hydrogen (secondary N) is 1. The van der Waals surface area contributed by atoms with Gasteiger partial charge in [0.15, 0.2) is 0 Å². The van der Waals surface area contributed by atoms with Crippen LogP contribution in [0.5, 0.6) is 0 Å². The Kier molecular flexibility index (Phi) is 5.87. The summed E-state index contributed by atoms with van der Waals surface area (Å²) in [6.07, 6.45) is 6.38. The number of aryl methyl sites for hydroxylation is 1. The topological polar surface area (TPSA) is 15.3 Å². The van der Waals surface area contributed by atoms with Gasteiger partial charge >= 0.3 is 0 Å². The third-order valence-corrected chi connectivity index (χ3v) is 4.16. The summed E-state index contributed by atoms with van der Waals surface area (Å²) in [6.45, 7) is 5.76. The van der Waals surface area contributed by atoms with Crippen molar-refractivity contribution in [3.63, 3.8) is 0 Å². The molecule has 1 heterocycles. The first-order valence-corrected chi connectivity index (χ1v) is 7.77. The van der Waals surface area contributed by atoms with Crippen LogP contribution in [0, 0.1) is 0 Å². The number of hydrogen-bond donors (Lipinski definition) is 1. The van der Waals surface area contributed by atoms with Gasteiger partial charge in [0.2, 0.25) is 0 Å². The van der Waals surface area contributed by atoms with E-state index in [9.17, 15) is 0 Å². The maximum absolute atomic E-state index is 3.62. The van der Waals surface area contributed by atoms with Gasteiger partial charge in [-0.1, -0.05) is 37.6 Å². The van der Waals surface area contributed by atoms with Crippen molar-refractivity contribution in [2.45, 2.75) is 45.1 Å². The van der Waals surface area contributed by atoms with Gasteiger partial charge in [0, 0.05) is 19.1 Å². The van der Waals surface area contributed by atoms with Crippen molar-refractivity contribution < 1.29 is 0 Å². The summed E-state index contributed by atoms with van der Waals surface area (Å²) < 4.78 is 0. The molecule has 0 spiro atoms. The third kappa shape index (κ3) is 4.96. The second kappa shape index (κ2) is 7.66. The number of hydrogen-bond acceptors (Lipinski definition) is 2. The molecule has 1 aromatic rings. The fourth-order valence-electron chi connectivity index (χ4n) is 2.81. The average molecular weight is 260 g/mol. The molecule has 0 radical (unpaired) electrons. The van der Waals surface area contributed by atoms with E-state index < -0.39 is 0 Å². The molecule has 2 heteroatoms. The normalized spacial score (nSPS) is 19.8. The Bertz CT molecular complexity index is 352. The molecule has 2 nitrogen and oxygen atoms in total. The van der Waals surface area contributed by atoms with E-state index in [1.807, 2.05) is 0 Å². The molecule has 0 aliphatic carbocycles. The van der Waals surface area contributed by atoms with Gasteiger partial charge in [-0.05, 0) is 50.4 Å². The summed E-state index contributed by atoms with van der Waals surface area (Å²) in [5.41, 5.74) is 2.89. The minimum absolute atomic E-state index is 0.709. The van der Waals surface area contributed by atoms with Gasteiger partial charge in [-0.2, -0.15) is 0 Å². The zero-order valence-corrected chi connectivity index (χ0v) is 12.5. The van der Waals surface area contributed by atoms with Gasteiger partial charge in [0.1, 0.15) is 0 Å². The maximum Gasteiger partial charge on any atom is 0.0194 e. The standard InChI is InChI=1S/C17H28N2/c1-3-15-7-9-16(10-8-15)11-13-19(2)14-17-6-4-5-12-18-17/h7-10,17-18H,3-6,11-14H2,1-2H3. The number of likely N-dealkylation sites (N-methyl/N-ethyl adjacent to an activating group) is 1. The Hall–Kier alpha value is -0.860. The zero-order valence-electron chi connectivity index (χ0n) is 12.5. The zero-order chi connectivity index (χ0) is 13.5. The molecule has 0 bridgehead atoms. The second-order valence-corrected chi connectivity index (χ2v) is 5.83. The Morgan fingerprint density at radius 3 is 2.53 bits per heavy atom.